The zero-order valence-electron chi connectivity index (χ0n) is 14.1. The van der Waals surface area contributed by atoms with Gasteiger partial charge in [0.1, 0.15) is 0 Å². The third-order valence-corrected chi connectivity index (χ3v) is 4.61. The topological polar surface area (TPSA) is 81.4 Å². The Labute approximate surface area is 164 Å². The molecule has 0 aromatic heterocycles. The summed E-state index contributed by atoms with van der Waals surface area (Å²) in [6, 6.07) is 16.6. The zero-order chi connectivity index (χ0) is 18.7. The number of ether oxygens (including phenoxy) is 1. The molecule has 3 N–H and O–H groups in total. The molecule has 6 heteroatoms. The van der Waals surface area contributed by atoms with Gasteiger partial charge in [-0.2, -0.15) is 0 Å². The van der Waals surface area contributed by atoms with Gasteiger partial charge in [-0.05, 0) is 76.2 Å². The van der Waals surface area contributed by atoms with E-state index in [1.807, 2.05) is 49.4 Å². The Morgan fingerprint density at radius 1 is 1.08 bits per heavy atom. The second kappa shape index (κ2) is 7.74. The van der Waals surface area contributed by atoms with Crippen molar-refractivity contribution in [3.8, 4) is 0 Å². The molecule has 0 radical (unpaired) electrons. The van der Waals surface area contributed by atoms with Crippen molar-refractivity contribution in [1.82, 2.24) is 0 Å². The van der Waals surface area contributed by atoms with Crippen LogP contribution in [0.3, 0.4) is 0 Å². The van der Waals surface area contributed by atoms with Gasteiger partial charge in [-0.3, -0.25) is 4.79 Å². The normalized spacial score (nSPS) is 10.5. The number of hydrogen-bond donors (Lipinski definition) is 2. The van der Waals surface area contributed by atoms with Crippen molar-refractivity contribution in [2.24, 2.45) is 0 Å². The molecular formula is C20H17IN2O3. The standard InChI is InChI=1S/C20H17IN2O3/c1-12-8-15(21)6-7-18(12)23-19(24)11-26-20(25)16-9-13-4-2-3-5-14(13)10-17(16)22/h2-10H,11,22H2,1H3,(H,23,24). The van der Waals surface area contributed by atoms with Crippen LogP contribution in [0.25, 0.3) is 10.8 Å². The quantitative estimate of drug-likeness (QED) is 0.349. The van der Waals surface area contributed by atoms with Crippen LogP contribution >= 0.6 is 22.6 Å². The smallest absolute Gasteiger partial charge is 0.340 e. The van der Waals surface area contributed by atoms with Crippen molar-refractivity contribution in [1.29, 1.82) is 0 Å². The number of nitrogens with two attached hydrogens (primary N) is 1. The lowest BCUT2D eigenvalue weighted by molar-refractivity contribution is -0.119. The average Bonchev–Trinajstić information content (AvgIpc) is 2.61. The number of fused-ring (bicyclic) bond motifs is 1. The minimum absolute atomic E-state index is 0.252. The maximum atomic E-state index is 12.3. The largest absolute Gasteiger partial charge is 0.452 e. The first-order chi connectivity index (χ1) is 12.4. The van der Waals surface area contributed by atoms with E-state index in [4.69, 9.17) is 10.5 Å². The van der Waals surface area contributed by atoms with E-state index in [-0.39, 0.29) is 12.2 Å². The molecule has 0 unspecified atom stereocenters. The lowest BCUT2D eigenvalue weighted by Crippen LogP contribution is -2.21. The van der Waals surface area contributed by atoms with Crippen molar-refractivity contribution < 1.29 is 14.3 Å². The first-order valence-electron chi connectivity index (χ1n) is 7.95. The highest BCUT2D eigenvalue weighted by atomic mass is 127. The van der Waals surface area contributed by atoms with E-state index in [1.54, 1.807) is 12.1 Å². The Kier molecular flexibility index (Phi) is 5.41. The molecule has 0 spiro atoms. The van der Waals surface area contributed by atoms with Crippen LogP contribution in [-0.4, -0.2) is 18.5 Å². The third kappa shape index (κ3) is 4.13. The summed E-state index contributed by atoms with van der Waals surface area (Å²) in [5, 5.41) is 4.56. The second-order valence-corrected chi connectivity index (χ2v) is 7.12. The van der Waals surface area contributed by atoms with Gasteiger partial charge >= 0.3 is 5.97 Å². The van der Waals surface area contributed by atoms with Crippen LogP contribution in [0.5, 0.6) is 0 Å². The third-order valence-electron chi connectivity index (χ3n) is 3.93. The molecule has 1 amide bonds. The molecule has 0 aliphatic rings. The number of esters is 1. The molecule has 0 aliphatic heterocycles. The monoisotopic (exact) mass is 460 g/mol. The average molecular weight is 460 g/mol. The van der Waals surface area contributed by atoms with E-state index in [1.165, 1.54) is 0 Å². The molecule has 3 aromatic carbocycles. The number of amides is 1. The summed E-state index contributed by atoms with van der Waals surface area (Å²) in [7, 11) is 0. The molecule has 5 nitrogen and oxygen atoms in total. The van der Waals surface area contributed by atoms with Crippen LogP contribution in [0.2, 0.25) is 0 Å². The maximum Gasteiger partial charge on any atom is 0.340 e. The highest BCUT2D eigenvalue weighted by molar-refractivity contribution is 14.1. The SMILES string of the molecule is Cc1cc(I)ccc1NC(=O)COC(=O)c1cc2ccccc2cc1N. The lowest BCUT2D eigenvalue weighted by atomic mass is 10.1. The molecule has 0 fully saturated rings. The van der Waals surface area contributed by atoms with E-state index in [9.17, 15) is 9.59 Å². The summed E-state index contributed by atoms with van der Waals surface area (Å²) >= 11 is 2.20. The Morgan fingerprint density at radius 3 is 2.46 bits per heavy atom. The number of carbonyl (C=O) groups is 2. The van der Waals surface area contributed by atoms with Crippen molar-refractivity contribution in [2.45, 2.75) is 6.92 Å². The number of anilines is 2. The fraction of sp³-hybridized carbons (Fsp3) is 0.100. The van der Waals surface area contributed by atoms with Gasteiger partial charge in [0.15, 0.2) is 6.61 Å². The van der Waals surface area contributed by atoms with Gasteiger partial charge in [-0.1, -0.05) is 24.3 Å². The van der Waals surface area contributed by atoms with Crippen molar-refractivity contribution >= 4 is 56.6 Å². The fourth-order valence-electron chi connectivity index (χ4n) is 2.60. The number of benzene rings is 3. The number of hydrogen-bond acceptors (Lipinski definition) is 4. The summed E-state index contributed by atoms with van der Waals surface area (Å²) in [4.78, 5) is 24.4. The molecule has 0 saturated carbocycles. The molecule has 0 atom stereocenters. The molecule has 3 rings (SSSR count). The lowest BCUT2D eigenvalue weighted by Gasteiger charge is -2.10. The summed E-state index contributed by atoms with van der Waals surface area (Å²) < 4.78 is 6.20. The van der Waals surface area contributed by atoms with Gasteiger partial charge in [0.05, 0.1) is 5.56 Å². The molecule has 0 saturated heterocycles. The molecule has 3 aromatic rings. The molecule has 132 valence electrons. The number of carbonyl (C=O) groups excluding carboxylic acids is 2. The van der Waals surface area contributed by atoms with Gasteiger partial charge in [-0.15, -0.1) is 0 Å². The minimum atomic E-state index is -0.622. The fourth-order valence-corrected chi connectivity index (χ4v) is 3.24. The number of halogens is 1. The second-order valence-electron chi connectivity index (χ2n) is 5.87. The zero-order valence-corrected chi connectivity index (χ0v) is 16.2. The molecule has 0 heterocycles. The highest BCUT2D eigenvalue weighted by Gasteiger charge is 2.15. The summed E-state index contributed by atoms with van der Waals surface area (Å²) in [5.41, 5.74) is 8.15. The predicted octanol–water partition coefficient (Wildman–Crippen LogP) is 4.13. The van der Waals surface area contributed by atoms with Crippen molar-refractivity contribution in [3.63, 3.8) is 0 Å². The summed E-state index contributed by atoms with van der Waals surface area (Å²) in [6.07, 6.45) is 0. The summed E-state index contributed by atoms with van der Waals surface area (Å²) in [5.74, 6) is -1.02. The summed E-state index contributed by atoms with van der Waals surface area (Å²) in [6.45, 7) is 1.52. The Balaban J connectivity index is 1.66. The maximum absolute atomic E-state index is 12.3. The number of nitrogen functional groups attached to an aromatic ring is 1. The van der Waals surface area contributed by atoms with Crippen LogP contribution in [0.15, 0.2) is 54.6 Å². The van der Waals surface area contributed by atoms with Gasteiger partial charge < -0.3 is 15.8 Å². The van der Waals surface area contributed by atoms with E-state index in [0.717, 1.165) is 19.9 Å². The van der Waals surface area contributed by atoms with Gasteiger partial charge in [0.25, 0.3) is 5.91 Å². The van der Waals surface area contributed by atoms with E-state index >= 15 is 0 Å². The first-order valence-corrected chi connectivity index (χ1v) is 9.03. The van der Waals surface area contributed by atoms with Gasteiger partial charge in [-0.25, -0.2) is 4.79 Å². The number of aryl methyl sites for hydroxylation is 1. The Morgan fingerprint density at radius 2 is 1.77 bits per heavy atom. The minimum Gasteiger partial charge on any atom is -0.452 e. The highest BCUT2D eigenvalue weighted by Crippen LogP contribution is 2.22. The van der Waals surface area contributed by atoms with Crippen LogP contribution in [-0.2, 0) is 9.53 Å². The van der Waals surface area contributed by atoms with Gasteiger partial charge in [0.2, 0.25) is 0 Å². The van der Waals surface area contributed by atoms with Crippen LogP contribution < -0.4 is 11.1 Å². The molecule has 26 heavy (non-hydrogen) atoms. The number of rotatable bonds is 4. The Hall–Kier alpha value is -2.61. The molecule has 0 bridgehead atoms. The van der Waals surface area contributed by atoms with E-state index in [2.05, 4.69) is 27.9 Å². The van der Waals surface area contributed by atoms with Crippen LogP contribution in [0.4, 0.5) is 11.4 Å². The van der Waals surface area contributed by atoms with Crippen LogP contribution in [0.1, 0.15) is 15.9 Å². The van der Waals surface area contributed by atoms with Gasteiger partial charge in [0, 0.05) is 14.9 Å². The molecule has 0 aliphatic carbocycles. The van der Waals surface area contributed by atoms with E-state index in [0.29, 0.717) is 11.4 Å². The molecular weight excluding hydrogens is 443 g/mol. The first kappa shape index (κ1) is 18.2. The Bertz CT molecular complexity index is 1000. The van der Waals surface area contributed by atoms with Crippen LogP contribution in [0, 0.1) is 10.5 Å². The van der Waals surface area contributed by atoms with E-state index < -0.39 is 11.9 Å². The van der Waals surface area contributed by atoms with Crippen molar-refractivity contribution in [2.75, 3.05) is 17.7 Å². The number of nitrogens with one attached hydrogen (secondary N) is 1. The predicted molar refractivity (Wildman–Crippen MR) is 111 cm³/mol. The van der Waals surface area contributed by atoms with Crippen molar-refractivity contribution in [3.05, 3.63) is 69.3 Å².